The van der Waals surface area contributed by atoms with Gasteiger partial charge in [-0.15, -0.1) is 0 Å². The van der Waals surface area contributed by atoms with E-state index >= 15 is 0 Å². The molecule has 0 spiro atoms. The van der Waals surface area contributed by atoms with Crippen molar-refractivity contribution >= 4 is 16.9 Å². The minimum absolute atomic E-state index is 0.787. The second-order valence-electron chi connectivity index (χ2n) is 2.80. The van der Waals surface area contributed by atoms with E-state index in [-0.39, 0.29) is 0 Å². The van der Waals surface area contributed by atoms with Crippen molar-refractivity contribution in [3.8, 4) is 0 Å². The van der Waals surface area contributed by atoms with Gasteiger partial charge in [0.25, 0.3) is 0 Å². The molecule has 54 valence electrons. The summed E-state index contributed by atoms with van der Waals surface area (Å²) >= 11 is 1.83. The standard InChI is InChI=1S/C8H11AsO/c9-7-2-1-3-8-6(7)4-5-10-8/h4-5,7H,1-3,9H2. The van der Waals surface area contributed by atoms with E-state index in [2.05, 4.69) is 6.07 Å². The van der Waals surface area contributed by atoms with Gasteiger partial charge in [0.1, 0.15) is 0 Å². The van der Waals surface area contributed by atoms with Gasteiger partial charge in [-0.25, -0.2) is 0 Å². The van der Waals surface area contributed by atoms with Gasteiger partial charge in [0.15, 0.2) is 0 Å². The molecule has 0 aromatic carbocycles. The van der Waals surface area contributed by atoms with Crippen molar-refractivity contribution in [2.45, 2.75) is 24.0 Å². The molecule has 0 N–H and O–H groups in total. The van der Waals surface area contributed by atoms with Crippen molar-refractivity contribution in [2.24, 2.45) is 0 Å². The topological polar surface area (TPSA) is 13.1 Å². The molecule has 0 bridgehead atoms. The van der Waals surface area contributed by atoms with Gasteiger partial charge in [-0.2, -0.15) is 0 Å². The molecule has 0 saturated carbocycles. The quantitative estimate of drug-likeness (QED) is 0.572. The van der Waals surface area contributed by atoms with Gasteiger partial charge in [-0.05, 0) is 0 Å². The van der Waals surface area contributed by atoms with Crippen molar-refractivity contribution in [3.05, 3.63) is 23.7 Å². The number of rotatable bonds is 0. The number of aryl methyl sites for hydroxylation is 1. The van der Waals surface area contributed by atoms with E-state index in [0.717, 1.165) is 11.1 Å². The summed E-state index contributed by atoms with van der Waals surface area (Å²) in [6, 6.07) is 2.13. The Kier molecular flexibility index (Phi) is 1.61. The second kappa shape index (κ2) is 2.47. The average molecular weight is 198 g/mol. The first-order chi connectivity index (χ1) is 4.88. The van der Waals surface area contributed by atoms with Gasteiger partial charge in [0.2, 0.25) is 0 Å². The van der Waals surface area contributed by atoms with Crippen molar-refractivity contribution in [2.75, 3.05) is 0 Å². The Balaban J connectivity index is 2.41. The first kappa shape index (κ1) is 6.54. The fourth-order valence-electron chi connectivity index (χ4n) is 1.52. The van der Waals surface area contributed by atoms with Crippen LogP contribution in [0.2, 0.25) is 0 Å². The Morgan fingerprint density at radius 2 is 2.50 bits per heavy atom. The van der Waals surface area contributed by atoms with Crippen LogP contribution in [0.4, 0.5) is 0 Å². The molecule has 0 aliphatic heterocycles. The first-order valence-corrected chi connectivity index (χ1v) is 5.09. The maximum atomic E-state index is 5.34. The van der Waals surface area contributed by atoms with Crippen molar-refractivity contribution in [1.29, 1.82) is 0 Å². The monoisotopic (exact) mass is 198 g/mol. The van der Waals surface area contributed by atoms with Crippen LogP contribution in [-0.2, 0) is 6.42 Å². The Bertz CT molecular complexity index is 229. The molecule has 1 aliphatic rings. The van der Waals surface area contributed by atoms with Crippen molar-refractivity contribution in [1.82, 2.24) is 0 Å². The maximum absolute atomic E-state index is 5.34. The average Bonchev–Trinajstić information content (AvgIpc) is 2.36. The first-order valence-electron chi connectivity index (χ1n) is 3.70. The zero-order valence-electron chi connectivity index (χ0n) is 5.84. The Hall–Kier alpha value is -0.162. The molecular weight excluding hydrogens is 187 g/mol. The van der Waals surface area contributed by atoms with Crippen LogP contribution in [0.5, 0.6) is 0 Å². The normalized spacial score (nSPS) is 24.3. The molecule has 1 heterocycles. The predicted octanol–water partition coefficient (Wildman–Crippen LogP) is 1.29. The molecule has 0 amide bonds. The number of hydrogen-bond donors (Lipinski definition) is 0. The van der Waals surface area contributed by atoms with Crippen LogP contribution < -0.4 is 0 Å². The summed E-state index contributed by atoms with van der Waals surface area (Å²) in [5.41, 5.74) is 1.46. The van der Waals surface area contributed by atoms with Gasteiger partial charge in [-0.1, -0.05) is 0 Å². The molecule has 1 aromatic rings. The Morgan fingerprint density at radius 3 is 3.30 bits per heavy atom. The molecule has 2 rings (SSSR count). The third-order valence-electron chi connectivity index (χ3n) is 2.10. The fourth-order valence-corrected chi connectivity index (χ4v) is 2.64. The molecule has 10 heavy (non-hydrogen) atoms. The summed E-state index contributed by atoms with van der Waals surface area (Å²) in [4.78, 5) is 0. The molecule has 0 fully saturated rings. The summed E-state index contributed by atoms with van der Waals surface area (Å²) in [6.45, 7) is 0. The second-order valence-corrected chi connectivity index (χ2v) is 4.49. The van der Waals surface area contributed by atoms with E-state index in [9.17, 15) is 0 Å². The van der Waals surface area contributed by atoms with E-state index in [4.69, 9.17) is 4.42 Å². The van der Waals surface area contributed by atoms with E-state index in [1.807, 2.05) is 23.1 Å². The van der Waals surface area contributed by atoms with Crippen LogP contribution in [0.15, 0.2) is 16.7 Å². The van der Waals surface area contributed by atoms with Crippen LogP contribution in [0.3, 0.4) is 0 Å². The SMILES string of the molecule is [AsH2]C1CCCc2occc21. The van der Waals surface area contributed by atoms with Gasteiger partial charge in [0.05, 0.1) is 0 Å². The van der Waals surface area contributed by atoms with Crippen LogP contribution >= 0.6 is 0 Å². The van der Waals surface area contributed by atoms with Crippen LogP contribution in [0.1, 0.15) is 28.9 Å². The summed E-state index contributed by atoms with van der Waals surface area (Å²) < 4.78 is 6.12. The van der Waals surface area contributed by atoms with Crippen molar-refractivity contribution < 1.29 is 4.42 Å². The zero-order valence-corrected chi connectivity index (χ0v) is 8.26. The summed E-state index contributed by atoms with van der Waals surface area (Å²) in [6.07, 6.45) is 5.64. The van der Waals surface area contributed by atoms with Gasteiger partial charge < -0.3 is 0 Å². The summed E-state index contributed by atoms with van der Waals surface area (Å²) in [7, 11) is 0. The molecule has 2 atom stereocenters. The Labute approximate surface area is 69.3 Å². The van der Waals surface area contributed by atoms with Crippen LogP contribution in [-0.4, -0.2) is 16.9 Å². The number of fused-ring (bicyclic) bond motifs is 1. The molecule has 1 aliphatic carbocycles. The summed E-state index contributed by atoms with van der Waals surface area (Å²) in [5, 5.41) is 0. The molecule has 0 radical (unpaired) electrons. The van der Waals surface area contributed by atoms with E-state index in [1.54, 1.807) is 0 Å². The van der Waals surface area contributed by atoms with Gasteiger partial charge in [0, 0.05) is 0 Å². The minimum atomic E-state index is 0.787. The van der Waals surface area contributed by atoms with Crippen LogP contribution in [0.25, 0.3) is 0 Å². The van der Waals surface area contributed by atoms with E-state index in [1.165, 1.54) is 24.2 Å². The third kappa shape index (κ3) is 0.931. The molecule has 2 heteroatoms. The molecule has 1 nitrogen and oxygen atoms in total. The molecular formula is C8H11AsO. The fraction of sp³-hybridized carbons (Fsp3) is 0.500. The third-order valence-corrected chi connectivity index (χ3v) is 3.55. The van der Waals surface area contributed by atoms with Crippen LogP contribution in [0, 0.1) is 0 Å². The summed E-state index contributed by atoms with van der Waals surface area (Å²) in [5.74, 6) is 1.24. The Morgan fingerprint density at radius 1 is 1.60 bits per heavy atom. The van der Waals surface area contributed by atoms with Gasteiger partial charge >= 0.3 is 68.9 Å². The van der Waals surface area contributed by atoms with E-state index < -0.39 is 0 Å². The van der Waals surface area contributed by atoms with Crippen molar-refractivity contribution in [3.63, 3.8) is 0 Å². The van der Waals surface area contributed by atoms with Gasteiger partial charge in [-0.3, -0.25) is 0 Å². The predicted molar refractivity (Wildman–Crippen MR) is 42.9 cm³/mol. The van der Waals surface area contributed by atoms with E-state index in [0.29, 0.717) is 0 Å². The number of furan rings is 1. The zero-order chi connectivity index (χ0) is 6.97. The molecule has 2 unspecified atom stereocenters. The number of hydrogen-bond acceptors (Lipinski definition) is 1. The molecule has 0 saturated heterocycles. The molecule has 1 aromatic heterocycles.